The lowest BCUT2D eigenvalue weighted by atomic mass is 9.97. The molecule has 7 nitrogen and oxygen atoms in total. The van der Waals surface area contributed by atoms with Crippen LogP contribution in [-0.4, -0.2) is 62.0 Å². The molecule has 0 unspecified atom stereocenters. The minimum atomic E-state index is -0.386. The molecule has 2 saturated heterocycles. The van der Waals surface area contributed by atoms with Gasteiger partial charge in [0.05, 0.1) is 12.0 Å². The van der Waals surface area contributed by atoms with Crippen LogP contribution in [0.5, 0.6) is 0 Å². The summed E-state index contributed by atoms with van der Waals surface area (Å²) in [6.07, 6.45) is 1.42. The lowest BCUT2D eigenvalue weighted by Crippen LogP contribution is -2.48. The SMILES string of the molecule is CNC(=O)[C@@H]1CN(C(C)=O)C[C@@H]1NC(=O)C1CCOCC1. The van der Waals surface area contributed by atoms with Crippen molar-refractivity contribution in [1.82, 2.24) is 15.5 Å². The zero-order valence-corrected chi connectivity index (χ0v) is 12.6. The number of carbonyl (C=O) groups excluding carboxylic acids is 3. The van der Waals surface area contributed by atoms with Gasteiger partial charge in [0.25, 0.3) is 0 Å². The monoisotopic (exact) mass is 297 g/mol. The fourth-order valence-electron chi connectivity index (χ4n) is 2.92. The van der Waals surface area contributed by atoms with Crippen molar-refractivity contribution in [3.63, 3.8) is 0 Å². The van der Waals surface area contributed by atoms with Crippen molar-refractivity contribution in [2.75, 3.05) is 33.4 Å². The molecule has 2 aliphatic heterocycles. The van der Waals surface area contributed by atoms with E-state index < -0.39 is 0 Å². The summed E-state index contributed by atoms with van der Waals surface area (Å²) in [7, 11) is 1.57. The van der Waals surface area contributed by atoms with Crippen molar-refractivity contribution in [2.45, 2.75) is 25.8 Å². The topological polar surface area (TPSA) is 87.7 Å². The largest absolute Gasteiger partial charge is 0.381 e. The molecule has 2 rings (SSSR count). The number of carbonyl (C=O) groups is 3. The normalized spacial score (nSPS) is 26.5. The van der Waals surface area contributed by atoms with Gasteiger partial charge in [-0.3, -0.25) is 14.4 Å². The second kappa shape index (κ2) is 6.89. The molecule has 0 bridgehead atoms. The average Bonchev–Trinajstić information content (AvgIpc) is 2.91. The lowest BCUT2D eigenvalue weighted by Gasteiger charge is -2.25. The van der Waals surface area contributed by atoms with Crippen LogP contribution in [0.4, 0.5) is 0 Å². The van der Waals surface area contributed by atoms with Crippen LogP contribution in [0.3, 0.4) is 0 Å². The van der Waals surface area contributed by atoms with Crippen LogP contribution in [0, 0.1) is 11.8 Å². The molecule has 21 heavy (non-hydrogen) atoms. The summed E-state index contributed by atoms with van der Waals surface area (Å²) < 4.78 is 5.25. The maximum absolute atomic E-state index is 12.3. The predicted octanol–water partition coefficient (Wildman–Crippen LogP) is -0.878. The first-order valence-corrected chi connectivity index (χ1v) is 7.38. The molecule has 2 N–H and O–H groups in total. The molecule has 0 aromatic heterocycles. The molecule has 2 heterocycles. The van der Waals surface area contributed by atoms with Gasteiger partial charge in [-0.1, -0.05) is 0 Å². The molecule has 2 atom stereocenters. The van der Waals surface area contributed by atoms with Crippen molar-refractivity contribution in [1.29, 1.82) is 0 Å². The first-order chi connectivity index (χ1) is 10.0. The highest BCUT2D eigenvalue weighted by atomic mass is 16.5. The van der Waals surface area contributed by atoms with Crippen molar-refractivity contribution in [3.8, 4) is 0 Å². The zero-order chi connectivity index (χ0) is 15.4. The smallest absolute Gasteiger partial charge is 0.226 e. The Morgan fingerprint density at radius 2 is 1.76 bits per heavy atom. The van der Waals surface area contributed by atoms with Crippen LogP contribution in [0.2, 0.25) is 0 Å². The molecular weight excluding hydrogens is 274 g/mol. The number of ether oxygens (including phenoxy) is 1. The molecule has 2 fully saturated rings. The molecule has 2 aliphatic rings. The average molecular weight is 297 g/mol. The molecule has 0 saturated carbocycles. The molecule has 0 aromatic rings. The van der Waals surface area contributed by atoms with E-state index in [0.717, 1.165) is 0 Å². The Morgan fingerprint density at radius 3 is 2.33 bits per heavy atom. The Kier molecular flexibility index (Phi) is 5.17. The van der Waals surface area contributed by atoms with E-state index in [1.54, 1.807) is 11.9 Å². The number of rotatable bonds is 3. The lowest BCUT2D eigenvalue weighted by molar-refractivity contribution is -0.130. The number of nitrogens with zero attached hydrogens (tertiary/aromatic N) is 1. The Balaban J connectivity index is 1.99. The first kappa shape index (κ1) is 15.8. The van der Waals surface area contributed by atoms with Crippen LogP contribution in [0.25, 0.3) is 0 Å². The second-order valence-corrected chi connectivity index (χ2v) is 5.65. The van der Waals surface area contributed by atoms with E-state index in [1.807, 2.05) is 0 Å². The van der Waals surface area contributed by atoms with E-state index in [-0.39, 0.29) is 35.6 Å². The van der Waals surface area contributed by atoms with Gasteiger partial charge in [-0.2, -0.15) is 0 Å². The van der Waals surface area contributed by atoms with Gasteiger partial charge in [-0.25, -0.2) is 0 Å². The minimum absolute atomic E-state index is 0.0393. The van der Waals surface area contributed by atoms with Gasteiger partial charge in [0.2, 0.25) is 17.7 Å². The van der Waals surface area contributed by atoms with Crippen LogP contribution in [-0.2, 0) is 19.1 Å². The number of amides is 3. The van der Waals surface area contributed by atoms with Gasteiger partial charge in [-0.05, 0) is 12.8 Å². The van der Waals surface area contributed by atoms with Crippen LogP contribution >= 0.6 is 0 Å². The fraction of sp³-hybridized carbons (Fsp3) is 0.786. The Hall–Kier alpha value is -1.63. The van der Waals surface area contributed by atoms with Gasteiger partial charge in [0.15, 0.2) is 0 Å². The molecular formula is C14H23N3O4. The van der Waals surface area contributed by atoms with Crippen molar-refractivity contribution in [3.05, 3.63) is 0 Å². The minimum Gasteiger partial charge on any atom is -0.381 e. The van der Waals surface area contributed by atoms with Gasteiger partial charge >= 0.3 is 0 Å². The van der Waals surface area contributed by atoms with Crippen molar-refractivity contribution < 1.29 is 19.1 Å². The number of likely N-dealkylation sites (tertiary alicyclic amines) is 1. The Labute approximate surface area is 124 Å². The highest BCUT2D eigenvalue weighted by molar-refractivity contribution is 5.84. The van der Waals surface area contributed by atoms with E-state index in [0.29, 0.717) is 39.1 Å². The summed E-state index contributed by atoms with van der Waals surface area (Å²) in [6, 6.07) is -0.316. The van der Waals surface area contributed by atoms with E-state index in [1.165, 1.54) is 6.92 Å². The number of hydrogen-bond donors (Lipinski definition) is 2. The molecule has 3 amide bonds. The summed E-state index contributed by atoms with van der Waals surface area (Å²) in [5.74, 6) is -0.705. The maximum Gasteiger partial charge on any atom is 0.226 e. The molecule has 0 aliphatic carbocycles. The summed E-state index contributed by atoms with van der Waals surface area (Å²) in [4.78, 5) is 37.3. The molecule has 0 radical (unpaired) electrons. The second-order valence-electron chi connectivity index (χ2n) is 5.65. The molecule has 7 heteroatoms. The number of nitrogens with one attached hydrogen (secondary N) is 2. The van der Waals surface area contributed by atoms with Crippen LogP contribution in [0.1, 0.15) is 19.8 Å². The van der Waals surface area contributed by atoms with Gasteiger partial charge in [0, 0.05) is 46.2 Å². The third kappa shape index (κ3) is 3.72. The van der Waals surface area contributed by atoms with Crippen LogP contribution < -0.4 is 10.6 Å². The summed E-state index contributed by atoms with van der Waals surface area (Å²) >= 11 is 0. The molecule has 0 spiro atoms. The van der Waals surface area contributed by atoms with Gasteiger partial charge in [-0.15, -0.1) is 0 Å². The van der Waals surface area contributed by atoms with E-state index in [9.17, 15) is 14.4 Å². The van der Waals surface area contributed by atoms with Crippen molar-refractivity contribution >= 4 is 17.7 Å². The highest BCUT2D eigenvalue weighted by Gasteiger charge is 2.39. The standard InChI is InChI=1S/C14H23N3O4/c1-9(18)17-7-11(14(20)15-2)12(8-17)16-13(19)10-3-5-21-6-4-10/h10-12H,3-8H2,1-2H3,(H,15,20)(H,16,19)/t11-,12+/m1/s1. The van der Waals surface area contributed by atoms with Gasteiger partial charge < -0.3 is 20.3 Å². The third-order valence-electron chi connectivity index (χ3n) is 4.27. The quantitative estimate of drug-likeness (QED) is 0.708. The summed E-state index contributed by atoms with van der Waals surface area (Å²) in [5, 5.41) is 5.55. The van der Waals surface area contributed by atoms with E-state index >= 15 is 0 Å². The highest BCUT2D eigenvalue weighted by Crippen LogP contribution is 2.20. The fourth-order valence-corrected chi connectivity index (χ4v) is 2.92. The molecule has 118 valence electrons. The molecule has 0 aromatic carbocycles. The van der Waals surface area contributed by atoms with E-state index in [4.69, 9.17) is 4.74 Å². The summed E-state index contributed by atoms with van der Waals surface area (Å²) in [5.41, 5.74) is 0. The summed E-state index contributed by atoms with van der Waals surface area (Å²) in [6.45, 7) is 3.42. The van der Waals surface area contributed by atoms with Crippen molar-refractivity contribution in [2.24, 2.45) is 11.8 Å². The van der Waals surface area contributed by atoms with E-state index in [2.05, 4.69) is 10.6 Å². The maximum atomic E-state index is 12.3. The number of hydrogen-bond acceptors (Lipinski definition) is 4. The van der Waals surface area contributed by atoms with Crippen LogP contribution in [0.15, 0.2) is 0 Å². The third-order valence-corrected chi connectivity index (χ3v) is 4.27. The predicted molar refractivity (Wildman–Crippen MR) is 75.3 cm³/mol. The zero-order valence-electron chi connectivity index (χ0n) is 12.6. The first-order valence-electron chi connectivity index (χ1n) is 7.38. The Morgan fingerprint density at radius 1 is 1.10 bits per heavy atom. The van der Waals surface area contributed by atoms with Gasteiger partial charge in [0.1, 0.15) is 0 Å². The Bertz CT molecular complexity index is 420.